The van der Waals surface area contributed by atoms with Gasteiger partial charge in [-0.2, -0.15) is 0 Å². The lowest BCUT2D eigenvalue weighted by Gasteiger charge is -2.12. The van der Waals surface area contributed by atoms with Crippen molar-refractivity contribution >= 4 is 5.97 Å². The summed E-state index contributed by atoms with van der Waals surface area (Å²) in [5.74, 6) is 2.44. The fourth-order valence-electron chi connectivity index (χ4n) is 2.52. The Morgan fingerprint density at radius 2 is 2.38 bits per heavy atom. The molecule has 21 heavy (non-hydrogen) atoms. The zero-order valence-electron chi connectivity index (χ0n) is 12.1. The standard InChI is InChI=1S/C14H18N4O3/c1-9(13-17-16-12-4-3-7-18(12)13)15-8-10-5-6-11(21-10)14(19)20-2/h5-6,9,15H,3-4,7-8H2,1-2H3. The number of ether oxygens (including phenoxy) is 1. The van der Waals surface area contributed by atoms with E-state index in [2.05, 4.69) is 24.8 Å². The molecule has 0 saturated heterocycles. The van der Waals surface area contributed by atoms with Gasteiger partial charge in [0, 0.05) is 13.0 Å². The Hall–Kier alpha value is -2.15. The average Bonchev–Trinajstić information content (AvgIpc) is 3.19. The lowest BCUT2D eigenvalue weighted by Crippen LogP contribution is -2.21. The molecule has 0 spiro atoms. The van der Waals surface area contributed by atoms with E-state index in [0.717, 1.165) is 31.0 Å². The van der Waals surface area contributed by atoms with Crippen LogP contribution in [0.15, 0.2) is 16.5 Å². The van der Waals surface area contributed by atoms with Crippen molar-refractivity contribution in [2.45, 2.75) is 38.9 Å². The molecule has 0 fully saturated rings. The maximum atomic E-state index is 11.3. The van der Waals surface area contributed by atoms with Gasteiger partial charge < -0.3 is 19.0 Å². The number of rotatable bonds is 5. The summed E-state index contributed by atoms with van der Waals surface area (Å²) in [6.07, 6.45) is 2.13. The highest BCUT2D eigenvalue weighted by Gasteiger charge is 2.21. The fourth-order valence-corrected chi connectivity index (χ4v) is 2.52. The zero-order chi connectivity index (χ0) is 14.8. The Kier molecular flexibility index (Phi) is 3.74. The molecular weight excluding hydrogens is 272 g/mol. The number of carbonyl (C=O) groups is 1. The molecule has 1 atom stereocenters. The minimum atomic E-state index is -0.468. The minimum Gasteiger partial charge on any atom is -0.463 e. The van der Waals surface area contributed by atoms with Crippen molar-refractivity contribution in [1.82, 2.24) is 20.1 Å². The highest BCUT2D eigenvalue weighted by Crippen LogP contribution is 2.19. The fraction of sp³-hybridized carbons (Fsp3) is 0.500. The first-order valence-electron chi connectivity index (χ1n) is 7.01. The number of carbonyl (C=O) groups excluding carboxylic acids is 1. The molecule has 1 aliphatic heterocycles. The lowest BCUT2D eigenvalue weighted by molar-refractivity contribution is 0.0563. The van der Waals surface area contributed by atoms with E-state index in [-0.39, 0.29) is 11.8 Å². The molecule has 1 aliphatic rings. The van der Waals surface area contributed by atoms with Crippen LogP contribution in [0.1, 0.15) is 47.4 Å². The monoisotopic (exact) mass is 290 g/mol. The average molecular weight is 290 g/mol. The van der Waals surface area contributed by atoms with Gasteiger partial charge in [0.25, 0.3) is 0 Å². The van der Waals surface area contributed by atoms with Crippen LogP contribution in [0.5, 0.6) is 0 Å². The van der Waals surface area contributed by atoms with E-state index < -0.39 is 5.97 Å². The number of hydrogen-bond acceptors (Lipinski definition) is 6. The number of methoxy groups -OCH3 is 1. The van der Waals surface area contributed by atoms with Gasteiger partial charge in [0.2, 0.25) is 5.76 Å². The molecule has 2 aromatic heterocycles. The molecule has 0 saturated carbocycles. The second kappa shape index (κ2) is 5.69. The van der Waals surface area contributed by atoms with E-state index >= 15 is 0 Å². The number of fused-ring (bicyclic) bond motifs is 1. The van der Waals surface area contributed by atoms with Gasteiger partial charge in [0.15, 0.2) is 0 Å². The SMILES string of the molecule is COC(=O)c1ccc(CNC(C)c2nnc3n2CCC3)o1. The summed E-state index contributed by atoms with van der Waals surface area (Å²) in [5, 5.41) is 11.8. The highest BCUT2D eigenvalue weighted by atomic mass is 16.5. The van der Waals surface area contributed by atoms with Crippen LogP contribution in [-0.2, 0) is 24.2 Å². The van der Waals surface area contributed by atoms with E-state index in [0.29, 0.717) is 12.3 Å². The Bertz CT molecular complexity index is 646. The molecule has 1 N–H and O–H groups in total. The molecule has 7 nitrogen and oxygen atoms in total. The normalized spacial score (nSPS) is 15.0. The van der Waals surface area contributed by atoms with Crippen LogP contribution in [-0.4, -0.2) is 27.8 Å². The summed E-state index contributed by atoms with van der Waals surface area (Å²) >= 11 is 0. The number of furan rings is 1. The third-order valence-corrected chi connectivity index (χ3v) is 3.66. The number of hydrogen-bond donors (Lipinski definition) is 1. The Balaban J connectivity index is 1.62. The predicted octanol–water partition coefficient (Wildman–Crippen LogP) is 1.45. The summed E-state index contributed by atoms with van der Waals surface area (Å²) in [4.78, 5) is 11.3. The first-order valence-corrected chi connectivity index (χ1v) is 7.01. The van der Waals surface area contributed by atoms with E-state index in [1.54, 1.807) is 12.1 Å². The first-order chi connectivity index (χ1) is 10.2. The smallest absolute Gasteiger partial charge is 0.373 e. The van der Waals surface area contributed by atoms with Crippen LogP contribution in [0.3, 0.4) is 0 Å². The molecule has 2 aromatic rings. The second-order valence-electron chi connectivity index (χ2n) is 5.09. The van der Waals surface area contributed by atoms with Crippen molar-refractivity contribution in [1.29, 1.82) is 0 Å². The largest absolute Gasteiger partial charge is 0.463 e. The van der Waals surface area contributed by atoms with Gasteiger partial charge in [-0.1, -0.05) is 0 Å². The summed E-state index contributed by atoms with van der Waals surface area (Å²) in [7, 11) is 1.33. The van der Waals surface area contributed by atoms with Crippen LogP contribution < -0.4 is 5.32 Å². The minimum absolute atomic E-state index is 0.0658. The van der Waals surface area contributed by atoms with Gasteiger partial charge in [0.05, 0.1) is 19.7 Å². The molecule has 0 aromatic carbocycles. The molecular formula is C14H18N4O3. The van der Waals surface area contributed by atoms with Crippen LogP contribution in [0.4, 0.5) is 0 Å². The molecule has 112 valence electrons. The summed E-state index contributed by atoms with van der Waals surface area (Å²) in [5.41, 5.74) is 0. The molecule has 3 rings (SSSR count). The molecule has 0 amide bonds. The Labute approximate surface area is 122 Å². The van der Waals surface area contributed by atoms with Crippen molar-refractivity contribution < 1.29 is 13.9 Å². The van der Waals surface area contributed by atoms with E-state index in [1.807, 2.05) is 6.92 Å². The first kappa shape index (κ1) is 13.8. The predicted molar refractivity (Wildman–Crippen MR) is 73.6 cm³/mol. The van der Waals surface area contributed by atoms with Gasteiger partial charge in [-0.15, -0.1) is 10.2 Å². The highest BCUT2D eigenvalue weighted by molar-refractivity contribution is 5.86. The van der Waals surface area contributed by atoms with E-state index in [9.17, 15) is 4.79 Å². The van der Waals surface area contributed by atoms with Crippen molar-refractivity contribution in [3.05, 3.63) is 35.3 Å². The van der Waals surface area contributed by atoms with Crippen molar-refractivity contribution in [2.24, 2.45) is 0 Å². The second-order valence-corrected chi connectivity index (χ2v) is 5.09. The van der Waals surface area contributed by atoms with Gasteiger partial charge in [-0.3, -0.25) is 0 Å². The quantitative estimate of drug-likeness (QED) is 0.839. The van der Waals surface area contributed by atoms with Crippen LogP contribution in [0.2, 0.25) is 0 Å². The zero-order valence-corrected chi connectivity index (χ0v) is 12.1. The Morgan fingerprint density at radius 1 is 1.52 bits per heavy atom. The molecule has 7 heteroatoms. The van der Waals surface area contributed by atoms with Crippen molar-refractivity contribution in [3.63, 3.8) is 0 Å². The summed E-state index contributed by atoms with van der Waals surface area (Å²) in [6.45, 7) is 3.54. The van der Waals surface area contributed by atoms with E-state index in [1.165, 1.54) is 7.11 Å². The van der Waals surface area contributed by atoms with Crippen LogP contribution in [0, 0.1) is 0 Å². The third-order valence-electron chi connectivity index (χ3n) is 3.66. The maximum Gasteiger partial charge on any atom is 0.373 e. The lowest BCUT2D eigenvalue weighted by atomic mass is 10.3. The molecule has 0 radical (unpaired) electrons. The number of nitrogens with zero attached hydrogens (tertiary/aromatic N) is 3. The van der Waals surface area contributed by atoms with Crippen molar-refractivity contribution in [3.8, 4) is 0 Å². The molecule has 0 bridgehead atoms. The van der Waals surface area contributed by atoms with Gasteiger partial charge >= 0.3 is 5.97 Å². The third kappa shape index (κ3) is 2.69. The summed E-state index contributed by atoms with van der Waals surface area (Å²) in [6, 6.07) is 3.44. The number of aryl methyl sites for hydroxylation is 1. The van der Waals surface area contributed by atoms with Gasteiger partial charge in [-0.05, 0) is 25.5 Å². The van der Waals surface area contributed by atoms with Gasteiger partial charge in [0.1, 0.15) is 17.4 Å². The molecule has 1 unspecified atom stereocenters. The summed E-state index contributed by atoms with van der Waals surface area (Å²) < 4.78 is 12.2. The number of aromatic nitrogens is 3. The molecule has 0 aliphatic carbocycles. The van der Waals surface area contributed by atoms with E-state index in [4.69, 9.17) is 4.42 Å². The number of nitrogens with one attached hydrogen (secondary N) is 1. The topological polar surface area (TPSA) is 82.2 Å². The van der Waals surface area contributed by atoms with Crippen molar-refractivity contribution in [2.75, 3.05) is 7.11 Å². The van der Waals surface area contributed by atoms with Gasteiger partial charge in [-0.25, -0.2) is 4.79 Å². The van der Waals surface area contributed by atoms with Crippen LogP contribution >= 0.6 is 0 Å². The number of esters is 1. The molecule has 3 heterocycles. The maximum absolute atomic E-state index is 11.3. The Morgan fingerprint density at radius 3 is 3.19 bits per heavy atom. The van der Waals surface area contributed by atoms with Crippen LogP contribution in [0.25, 0.3) is 0 Å².